The maximum atomic E-state index is 10.0. The lowest BCUT2D eigenvalue weighted by molar-refractivity contribution is 1.03. The van der Waals surface area contributed by atoms with E-state index in [0.717, 1.165) is 0 Å². The van der Waals surface area contributed by atoms with Gasteiger partial charge in [0.1, 0.15) is 17.1 Å². The molecule has 0 aliphatic heterocycles. The van der Waals surface area contributed by atoms with Crippen molar-refractivity contribution in [3.8, 4) is 39.8 Å². The van der Waals surface area contributed by atoms with Gasteiger partial charge in [0, 0.05) is 61.8 Å². The van der Waals surface area contributed by atoms with Crippen LogP contribution in [0.5, 0.6) is 0 Å². The zero-order valence-corrected chi connectivity index (χ0v) is 28.1. The molecule has 6 aromatic carbocycles. The van der Waals surface area contributed by atoms with Gasteiger partial charge in [0.05, 0.1) is 81.6 Å². The fraction of sp³-hybridized carbons (Fsp3) is 0. The second-order valence-electron chi connectivity index (χ2n) is 12.0. The number of hydrogen-bond donors (Lipinski definition) is 0. The van der Waals surface area contributed by atoms with Crippen molar-refractivity contribution >= 4 is 65.7 Å². The predicted molar refractivity (Wildman–Crippen MR) is 232 cm³/mol. The van der Waals surface area contributed by atoms with Crippen LogP contribution in [0, 0.1) is 0 Å². The predicted octanol–water partition coefficient (Wildman–Crippen LogP) is 11.9. The van der Waals surface area contributed by atoms with E-state index in [2.05, 4.69) is 19.9 Å². The summed E-state index contributed by atoms with van der Waals surface area (Å²) in [6, 6.07) is -28.6. The number of fused-ring (bicyclic) bond motifs is 9. The van der Waals surface area contributed by atoms with Crippen LogP contribution in [0.15, 0.2) is 188 Å². The highest BCUT2D eigenvalue weighted by Crippen LogP contribution is 2.41. The molecule has 57 heavy (non-hydrogen) atoms. The second kappa shape index (κ2) is 12.3. The molecule has 6 heterocycles. The molecule has 12 aromatic rings. The van der Waals surface area contributed by atoms with Crippen LogP contribution >= 0.6 is 0 Å². The first-order chi connectivity index (χ1) is 41.2. The van der Waals surface area contributed by atoms with Gasteiger partial charge in [0.25, 0.3) is 0 Å². The Bertz CT molecular complexity index is 5250. The SMILES string of the molecule is [2H]c1nc2c(c([2H])c1[2H])c1c([2H])c([2H])c([2H])c([2H])c1n2-c1c([2H])c([2H])c([2H])c(-c2nc(-c3c([2H])c([2H])c([2H])c([2H])c3[2H])c([2H])c(-n3c4c([2H])c([2H])c([2H])c([2H])c4c4c([2H])c([2H])c([2H])c([2H])c43)n2)c1-n1c2nc([2H])c([2H])c([2H])c2c2c([2H])c([2H])c([2H])c([2H])c21. The zero-order valence-electron chi connectivity index (χ0n) is 59.1. The van der Waals surface area contributed by atoms with E-state index in [4.69, 9.17) is 23.3 Å². The lowest BCUT2D eigenvalue weighted by atomic mass is 10.1. The Kier molecular flexibility index (Phi) is 2.96. The van der Waals surface area contributed by atoms with E-state index in [1.165, 1.54) is 0 Å². The van der Waals surface area contributed by atoms with Gasteiger partial charge < -0.3 is 0 Å². The van der Waals surface area contributed by atoms with Gasteiger partial charge in [0.15, 0.2) is 5.82 Å². The number of nitrogens with zero attached hydrogens (tertiary/aromatic N) is 7. The highest BCUT2D eigenvalue weighted by molar-refractivity contribution is 6.11. The van der Waals surface area contributed by atoms with Gasteiger partial charge in [-0.15, -0.1) is 0 Å². The molecule has 0 fully saturated rings. The van der Waals surface area contributed by atoms with Crippen LogP contribution < -0.4 is 0 Å². The first-order valence-corrected chi connectivity index (χ1v) is 16.6. The van der Waals surface area contributed by atoms with Gasteiger partial charge in [-0.05, 0) is 60.4 Å². The topological polar surface area (TPSA) is 66.3 Å². The van der Waals surface area contributed by atoms with Crippen molar-refractivity contribution in [3.05, 3.63) is 188 Å². The minimum Gasteiger partial charge on any atom is -0.294 e. The van der Waals surface area contributed by atoms with Gasteiger partial charge in [0.2, 0.25) is 0 Å². The Labute approximate surface area is 369 Å². The monoisotopic (exact) mass is 760 g/mol. The van der Waals surface area contributed by atoms with E-state index in [1.807, 2.05) is 0 Å². The number of hydrogen-bond acceptors (Lipinski definition) is 4. The summed E-state index contributed by atoms with van der Waals surface area (Å²) in [5, 5.41) is -3.60. The van der Waals surface area contributed by atoms with Crippen molar-refractivity contribution in [2.24, 2.45) is 0 Å². The third-order valence-electron chi connectivity index (χ3n) is 9.11. The maximum absolute atomic E-state index is 10.0. The fourth-order valence-corrected chi connectivity index (χ4v) is 6.86. The van der Waals surface area contributed by atoms with Crippen molar-refractivity contribution < 1.29 is 42.5 Å². The van der Waals surface area contributed by atoms with Crippen molar-refractivity contribution in [1.29, 1.82) is 0 Å². The van der Waals surface area contributed by atoms with Gasteiger partial charge in [-0.3, -0.25) is 13.7 Å². The molecular formula is C50H31N7. The second-order valence-corrected chi connectivity index (χ2v) is 12.0. The van der Waals surface area contributed by atoms with Gasteiger partial charge in [-0.1, -0.05) is 109 Å². The molecule has 6 aromatic heterocycles. The third-order valence-corrected chi connectivity index (χ3v) is 9.11. The van der Waals surface area contributed by atoms with Crippen LogP contribution in [0.4, 0.5) is 0 Å². The highest BCUT2D eigenvalue weighted by atomic mass is 15.1. The summed E-state index contributed by atoms with van der Waals surface area (Å²) in [6.07, 6.45) is -1.99. The molecule has 7 heteroatoms. The van der Waals surface area contributed by atoms with Crippen LogP contribution in [-0.4, -0.2) is 33.6 Å². The Morgan fingerprint density at radius 1 is 0.404 bits per heavy atom. The summed E-state index contributed by atoms with van der Waals surface area (Å²) in [5.74, 6) is -2.16. The largest absolute Gasteiger partial charge is 0.294 e. The molecule has 266 valence electrons. The number of para-hydroxylation sites is 5. The van der Waals surface area contributed by atoms with E-state index < -0.39 is 293 Å². The molecule has 0 aliphatic carbocycles. The first kappa shape index (κ1) is 13.7. The number of pyridine rings is 2. The van der Waals surface area contributed by atoms with E-state index in [1.54, 1.807) is 0 Å². The van der Waals surface area contributed by atoms with E-state index in [9.17, 15) is 19.2 Å². The molecular weight excluding hydrogens is 699 g/mol. The summed E-state index contributed by atoms with van der Waals surface area (Å²) in [6.45, 7) is 0. The molecule has 0 N–H and O–H groups in total. The smallest absolute Gasteiger partial charge is 0.164 e. The van der Waals surface area contributed by atoms with Crippen LogP contribution in [0.25, 0.3) is 106 Å². The van der Waals surface area contributed by atoms with Crippen molar-refractivity contribution in [2.75, 3.05) is 0 Å². The maximum Gasteiger partial charge on any atom is 0.164 e. The fourth-order valence-electron chi connectivity index (χ4n) is 6.86. The molecule has 0 spiro atoms. The zero-order chi connectivity index (χ0) is 64.4. The summed E-state index contributed by atoms with van der Waals surface area (Å²) in [5.41, 5.74) is -9.42. The summed E-state index contributed by atoms with van der Waals surface area (Å²) >= 11 is 0. The molecule has 0 radical (unpaired) electrons. The Hall–Kier alpha value is -7.90. The van der Waals surface area contributed by atoms with Crippen molar-refractivity contribution in [3.63, 3.8) is 0 Å². The van der Waals surface area contributed by atoms with Gasteiger partial charge in [-0.2, -0.15) is 0 Å². The number of benzene rings is 6. The summed E-state index contributed by atoms with van der Waals surface area (Å²) in [4.78, 5) is 17.8. The molecule has 7 nitrogen and oxygen atoms in total. The van der Waals surface area contributed by atoms with Crippen LogP contribution in [0.3, 0.4) is 0 Å². The molecule has 0 saturated heterocycles. The Morgan fingerprint density at radius 3 is 1.51 bits per heavy atom. The van der Waals surface area contributed by atoms with Crippen LogP contribution in [0.1, 0.15) is 42.5 Å². The molecule has 0 amide bonds. The quantitative estimate of drug-likeness (QED) is 0.175. The van der Waals surface area contributed by atoms with Crippen molar-refractivity contribution in [2.45, 2.75) is 0 Å². The average Bonchev–Trinajstić information content (AvgIpc) is 1.51. The van der Waals surface area contributed by atoms with Gasteiger partial charge >= 0.3 is 0 Å². The molecule has 0 saturated carbocycles. The van der Waals surface area contributed by atoms with E-state index in [-0.39, 0.29) is 0 Å². The summed E-state index contributed by atoms with van der Waals surface area (Å²) in [7, 11) is 0. The Balaban J connectivity index is 1.45. The standard InChI is InChI=1S/C50H31N7/c1-2-15-32(16-3-1)40-31-46(55-41-24-8-4-17-33(41)34-18-5-9-25-42(34)55)54-48(53-40)39-21-12-28-45(56-43-26-10-6-19-35(43)37-22-13-29-51-49(37)56)47(39)57-44-27-11-7-20-36(44)38-23-14-30-52-50(38)57/h1-31H/i1D,2D,3D,4D,5D,6D,7D,8D,9D,10D,11D,12D,13D,14D,15D,16D,17D,18D,19D,20D,21D,22D,23D,24D,25D,26D,27D,28D,29D,30D,31D. The van der Waals surface area contributed by atoms with Crippen LogP contribution in [0.2, 0.25) is 0 Å². The number of aromatic nitrogens is 7. The molecule has 0 bridgehead atoms. The lowest BCUT2D eigenvalue weighted by Gasteiger charge is -2.20. The van der Waals surface area contributed by atoms with Crippen LogP contribution in [-0.2, 0) is 0 Å². The van der Waals surface area contributed by atoms with E-state index >= 15 is 0 Å². The molecule has 12 rings (SSSR count). The minimum atomic E-state index is -1.22. The first-order valence-electron chi connectivity index (χ1n) is 32.1. The Morgan fingerprint density at radius 2 is 0.895 bits per heavy atom. The third kappa shape index (κ3) is 4.66. The molecule has 0 atom stereocenters. The average molecular weight is 761 g/mol. The van der Waals surface area contributed by atoms with Crippen molar-refractivity contribution in [1.82, 2.24) is 33.6 Å². The summed E-state index contributed by atoms with van der Waals surface area (Å²) < 4.78 is 284. The highest BCUT2D eigenvalue weighted by Gasteiger charge is 2.25. The van der Waals surface area contributed by atoms with Gasteiger partial charge in [-0.25, -0.2) is 19.9 Å². The normalized spacial score (nSPS) is 19.5. The minimum absolute atomic E-state index is 0.583. The van der Waals surface area contributed by atoms with E-state index in [0.29, 0.717) is 13.7 Å². The molecule has 0 aliphatic rings. The lowest BCUT2D eigenvalue weighted by Crippen LogP contribution is -2.09. The molecule has 0 unspecified atom stereocenters. The number of rotatable bonds is 5.